The van der Waals surface area contributed by atoms with Crippen LogP contribution in [0.3, 0.4) is 0 Å². The lowest BCUT2D eigenvalue weighted by Gasteiger charge is -2.06. The Morgan fingerprint density at radius 1 is 1.08 bits per heavy atom. The fraction of sp³-hybridized carbons (Fsp3) is 0.294. The molecule has 2 aromatic heterocycles. The van der Waals surface area contributed by atoms with Crippen molar-refractivity contribution in [1.29, 1.82) is 5.41 Å². The Morgan fingerprint density at radius 2 is 1.69 bits per heavy atom. The van der Waals surface area contributed by atoms with Crippen LogP contribution in [0.2, 0.25) is 0 Å². The van der Waals surface area contributed by atoms with Gasteiger partial charge in [0, 0.05) is 49.9 Å². The molecule has 36 heavy (non-hydrogen) atoms. The van der Waals surface area contributed by atoms with E-state index >= 15 is 0 Å². The van der Waals surface area contributed by atoms with Crippen LogP contribution in [0.25, 0.3) is 0 Å². The molecule has 0 aliphatic rings. The van der Waals surface area contributed by atoms with Crippen LogP contribution in [-0.2, 0) is 29.3 Å². The number of guanidine groups is 1. The van der Waals surface area contributed by atoms with Crippen molar-refractivity contribution in [1.82, 2.24) is 19.4 Å². The van der Waals surface area contributed by atoms with E-state index in [2.05, 4.69) is 25.9 Å². The van der Waals surface area contributed by atoms with Gasteiger partial charge in [0.15, 0.2) is 11.8 Å². The van der Waals surface area contributed by atoms with E-state index < -0.39 is 28.1 Å². The molecule has 0 aliphatic heterocycles. The van der Waals surface area contributed by atoms with Crippen molar-refractivity contribution in [3.05, 3.63) is 30.0 Å². The minimum Gasteiger partial charge on any atom is -0.759 e. The molecule has 2 aromatic rings. The highest BCUT2D eigenvalue weighted by molar-refractivity contribution is 7.79. The molecule has 0 saturated carbocycles. The second kappa shape index (κ2) is 12.8. The summed E-state index contributed by atoms with van der Waals surface area (Å²) in [5.41, 5.74) is 16.3. The number of nitrogens with two attached hydrogens (primary N) is 3. The third-order valence-electron chi connectivity index (χ3n) is 3.93. The number of imidazole rings is 1. The molecule has 198 valence electrons. The Labute approximate surface area is 205 Å². The van der Waals surface area contributed by atoms with Crippen LogP contribution in [0.1, 0.15) is 27.5 Å². The Hall–Kier alpha value is -4.49. The van der Waals surface area contributed by atoms with Crippen molar-refractivity contribution in [3.8, 4) is 0 Å². The van der Waals surface area contributed by atoms with Gasteiger partial charge < -0.3 is 51.4 Å². The summed E-state index contributed by atoms with van der Waals surface area (Å²) in [6, 6.07) is 1.47. The van der Waals surface area contributed by atoms with Gasteiger partial charge in [0.05, 0.1) is 11.5 Å². The van der Waals surface area contributed by atoms with Crippen molar-refractivity contribution < 1.29 is 31.9 Å². The summed E-state index contributed by atoms with van der Waals surface area (Å²) < 4.78 is 37.1. The van der Waals surface area contributed by atoms with Gasteiger partial charge in [-0.1, -0.05) is 0 Å². The van der Waals surface area contributed by atoms with E-state index in [-0.39, 0.29) is 48.6 Å². The summed E-state index contributed by atoms with van der Waals surface area (Å²) in [6.07, 6.45) is 3.26. The van der Waals surface area contributed by atoms with E-state index in [0.29, 0.717) is 5.69 Å². The molecule has 0 aromatic carbocycles. The highest BCUT2D eigenvalue weighted by Gasteiger charge is 2.18. The van der Waals surface area contributed by atoms with E-state index in [0.717, 1.165) is 0 Å². The maximum atomic E-state index is 12.6. The summed E-state index contributed by atoms with van der Waals surface area (Å²) in [5.74, 6) is -1.39. The number of hydrogen-bond donors (Lipinski definition) is 7. The average molecular weight is 528 g/mol. The monoisotopic (exact) mass is 527 g/mol. The number of anilines is 2. The molecule has 0 atom stereocenters. The van der Waals surface area contributed by atoms with Gasteiger partial charge in [-0.05, 0) is 6.07 Å². The molecule has 0 saturated heterocycles. The standard InChI is InChI=1S/C17H25N11O3.H2O4S/c1-27-7-9(24-13(29)6-23-17(20)21)5-10(27)15(30)26-12-8-28(2)14(25-12)16(31)22-4-3-11(18)19;1-5(2,3)4/h5,7-8H,3-4,6H2,1-2H3,(H3,18,19)(H,22,31)(H,24,29)(H,26,30)(H4,20,21,23);(H2,1,2,3,4)/p-2. The van der Waals surface area contributed by atoms with Crippen LogP contribution < -0.4 is 33.2 Å². The number of amides is 3. The number of amidine groups is 1. The first-order chi connectivity index (χ1) is 16.6. The lowest BCUT2D eigenvalue weighted by molar-refractivity contribution is -0.114. The lowest BCUT2D eigenvalue weighted by Crippen LogP contribution is -2.29. The predicted octanol–water partition coefficient (Wildman–Crippen LogP) is -3.06. The number of nitrogens with one attached hydrogen (secondary N) is 4. The Balaban J connectivity index is 0.00000118. The van der Waals surface area contributed by atoms with E-state index in [1.807, 2.05) is 0 Å². The largest absolute Gasteiger partial charge is 0.759 e. The number of hydrogen-bond acceptors (Lipinski definition) is 10. The van der Waals surface area contributed by atoms with Gasteiger partial charge in [-0.2, -0.15) is 0 Å². The lowest BCUT2D eigenvalue weighted by atomic mass is 10.3. The third kappa shape index (κ3) is 11.1. The number of rotatable bonds is 9. The van der Waals surface area contributed by atoms with Crippen molar-refractivity contribution in [2.45, 2.75) is 6.42 Å². The Kier molecular flexibility index (Phi) is 10.5. The van der Waals surface area contributed by atoms with E-state index in [9.17, 15) is 14.4 Å². The van der Waals surface area contributed by atoms with Crippen LogP contribution in [0.5, 0.6) is 0 Å². The quantitative estimate of drug-likeness (QED) is 0.0742. The van der Waals surface area contributed by atoms with Gasteiger partial charge in [0.1, 0.15) is 12.2 Å². The number of carbonyl (C=O) groups excluding carboxylic acids is 3. The summed E-state index contributed by atoms with van der Waals surface area (Å²) >= 11 is 0. The molecule has 0 aliphatic carbocycles. The van der Waals surface area contributed by atoms with E-state index in [4.69, 9.17) is 40.1 Å². The van der Waals surface area contributed by atoms with Crippen molar-refractivity contribution in [2.75, 3.05) is 23.7 Å². The average Bonchev–Trinajstić information content (AvgIpc) is 3.26. The molecule has 18 nitrogen and oxygen atoms in total. The smallest absolute Gasteiger partial charge is 0.287 e. The second-order valence-electron chi connectivity index (χ2n) is 6.97. The van der Waals surface area contributed by atoms with Crippen molar-refractivity contribution >= 4 is 51.4 Å². The van der Waals surface area contributed by atoms with Gasteiger partial charge in [-0.15, -0.1) is 0 Å². The maximum absolute atomic E-state index is 12.6. The van der Waals surface area contributed by atoms with Gasteiger partial charge in [-0.3, -0.25) is 28.2 Å². The minimum atomic E-state index is -5.17. The summed E-state index contributed by atoms with van der Waals surface area (Å²) in [6.45, 7) is -0.0479. The molecule has 0 spiro atoms. The van der Waals surface area contributed by atoms with Gasteiger partial charge >= 0.3 is 0 Å². The number of carbonyl (C=O) groups is 3. The van der Waals surface area contributed by atoms with Crippen LogP contribution in [0, 0.1) is 5.41 Å². The highest BCUT2D eigenvalue weighted by atomic mass is 32.3. The summed E-state index contributed by atoms with van der Waals surface area (Å²) in [4.78, 5) is 44.3. The predicted molar refractivity (Wildman–Crippen MR) is 125 cm³/mol. The first kappa shape index (κ1) is 29.5. The zero-order chi connectivity index (χ0) is 27.6. The number of aryl methyl sites for hydroxylation is 2. The van der Waals surface area contributed by atoms with Gasteiger partial charge in [0.25, 0.3) is 11.8 Å². The molecule has 3 amide bonds. The summed E-state index contributed by atoms with van der Waals surface area (Å²) in [5, 5.41) is 14.9. The zero-order valence-electron chi connectivity index (χ0n) is 19.1. The Bertz CT molecular complexity index is 1250. The van der Waals surface area contributed by atoms with Crippen molar-refractivity contribution in [2.24, 2.45) is 36.3 Å². The van der Waals surface area contributed by atoms with Crippen LogP contribution in [-0.4, -0.2) is 74.2 Å². The molecule has 2 heterocycles. The number of nitrogens with zero attached hydrogens (tertiary/aromatic N) is 4. The third-order valence-corrected chi connectivity index (χ3v) is 3.93. The van der Waals surface area contributed by atoms with E-state index in [1.165, 1.54) is 21.4 Å². The van der Waals surface area contributed by atoms with Crippen molar-refractivity contribution in [3.63, 3.8) is 0 Å². The van der Waals surface area contributed by atoms with Gasteiger partial charge in [-0.25, -0.2) is 9.98 Å². The number of aromatic nitrogens is 3. The van der Waals surface area contributed by atoms with Crippen LogP contribution in [0.4, 0.5) is 11.5 Å². The molecule has 0 fully saturated rings. The first-order valence-corrected chi connectivity index (χ1v) is 11.0. The highest BCUT2D eigenvalue weighted by Crippen LogP contribution is 2.15. The molecule has 0 unspecified atom stereocenters. The first-order valence-electron chi connectivity index (χ1n) is 9.71. The van der Waals surface area contributed by atoms with Crippen LogP contribution >= 0.6 is 0 Å². The number of aliphatic imine (C=N–C) groups is 1. The molecular formula is C17H25N11O7S-2. The topological polar surface area (TPSA) is 305 Å². The molecule has 0 radical (unpaired) electrons. The fourth-order valence-electron chi connectivity index (χ4n) is 2.53. The molecule has 10 N–H and O–H groups in total. The molecular weight excluding hydrogens is 502 g/mol. The fourth-order valence-corrected chi connectivity index (χ4v) is 2.53. The molecule has 19 heteroatoms. The van der Waals surface area contributed by atoms with Crippen LogP contribution in [0.15, 0.2) is 23.5 Å². The summed E-state index contributed by atoms with van der Waals surface area (Å²) in [7, 11) is -1.93. The Morgan fingerprint density at radius 3 is 2.25 bits per heavy atom. The minimum absolute atomic E-state index is 0.0394. The molecule has 0 bridgehead atoms. The van der Waals surface area contributed by atoms with Gasteiger partial charge in [0.2, 0.25) is 11.7 Å². The SMILES string of the molecule is Cn1cc(NC(=O)CN=C(N)N)cc1C(=O)Nc1cn(C)c(C(=O)NCCC(=N)N)n1.O=S(=O)([O-])[O-]. The second-order valence-corrected chi connectivity index (χ2v) is 7.78. The maximum Gasteiger partial charge on any atom is 0.287 e. The normalized spacial score (nSPS) is 10.4. The molecule has 2 rings (SSSR count). The zero-order valence-corrected chi connectivity index (χ0v) is 20.0. The van der Waals surface area contributed by atoms with E-state index in [1.54, 1.807) is 20.3 Å².